The molecule has 5 rings (SSSR count). The van der Waals surface area contributed by atoms with E-state index < -0.39 is 6.61 Å². The Labute approximate surface area is 311 Å². The zero-order chi connectivity index (χ0) is 36.3. The van der Waals surface area contributed by atoms with E-state index in [-0.39, 0.29) is 47.9 Å². The molecule has 0 radical (unpaired) electrons. The van der Waals surface area contributed by atoms with Crippen molar-refractivity contribution >= 4 is 30.1 Å². The second-order valence-corrected chi connectivity index (χ2v) is 13.0. The van der Waals surface area contributed by atoms with Gasteiger partial charge >= 0.3 is 6.61 Å². The van der Waals surface area contributed by atoms with E-state index in [4.69, 9.17) is 0 Å². The molecule has 0 spiro atoms. The maximum absolute atomic E-state index is 14.2. The van der Waals surface area contributed by atoms with Crippen molar-refractivity contribution < 1.29 is 22.7 Å². The van der Waals surface area contributed by atoms with E-state index in [0.29, 0.717) is 36.1 Å². The quantitative estimate of drug-likeness (QED) is 0.0772. The maximum Gasteiger partial charge on any atom is 0.387 e. The van der Waals surface area contributed by atoms with Crippen molar-refractivity contribution in [3.63, 3.8) is 0 Å². The van der Waals surface area contributed by atoms with Gasteiger partial charge < -0.3 is 19.1 Å². The third-order valence-electron chi connectivity index (χ3n) is 8.73. The molecule has 0 bridgehead atoms. The molecule has 0 aliphatic heterocycles. The number of nitrogens with zero attached hydrogens (tertiary/aromatic N) is 5. The van der Waals surface area contributed by atoms with Gasteiger partial charge in [-0.15, -0.1) is 12.4 Å². The van der Waals surface area contributed by atoms with E-state index in [0.717, 1.165) is 40.9 Å². The highest BCUT2D eigenvalue weighted by Crippen LogP contribution is 2.26. The molecule has 52 heavy (non-hydrogen) atoms. The topological polar surface area (TPSA) is 96.4 Å². The Morgan fingerprint density at radius 1 is 0.942 bits per heavy atom. The molecule has 276 valence electrons. The summed E-state index contributed by atoms with van der Waals surface area (Å²) in [7, 11) is 0. The molecule has 3 aromatic carbocycles. The van der Waals surface area contributed by atoms with Crippen molar-refractivity contribution in [3.8, 4) is 16.9 Å². The molecule has 0 fully saturated rings. The number of aromatic nitrogens is 4. The summed E-state index contributed by atoms with van der Waals surface area (Å²) in [5.41, 5.74) is 4.38. The molecular formula is C38H42ClF3N6O3S. The number of alkyl halides is 2. The maximum atomic E-state index is 14.2. The van der Waals surface area contributed by atoms with Gasteiger partial charge in [-0.3, -0.25) is 14.7 Å². The molecule has 1 unspecified atom stereocenters. The van der Waals surface area contributed by atoms with Crippen molar-refractivity contribution in [1.29, 1.82) is 0 Å². The molecule has 1 N–H and O–H groups in total. The molecule has 0 aliphatic carbocycles. The molecule has 2 heterocycles. The van der Waals surface area contributed by atoms with Crippen LogP contribution in [-0.2, 0) is 23.6 Å². The van der Waals surface area contributed by atoms with Crippen LogP contribution in [0.2, 0.25) is 0 Å². The third kappa shape index (κ3) is 11.0. The molecule has 1 amide bonds. The van der Waals surface area contributed by atoms with Crippen LogP contribution in [0, 0.1) is 5.82 Å². The number of aromatic amines is 1. The molecular weight excluding hydrogens is 713 g/mol. The number of H-pyrrole nitrogens is 1. The van der Waals surface area contributed by atoms with Crippen molar-refractivity contribution in [3.05, 3.63) is 130 Å². The van der Waals surface area contributed by atoms with E-state index in [1.54, 1.807) is 47.4 Å². The lowest BCUT2D eigenvalue weighted by atomic mass is 9.98. The van der Waals surface area contributed by atoms with Crippen LogP contribution in [-0.4, -0.2) is 68.2 Å². The van der Waals surface area contributed by atoms with Crippen molar-refractivity contribution in [2.45, 2.75) is 57.3 Å². The average molecular weight is 755 g/mol. The number of amides is 1. The minimum absolute atomic E-state index is 0. The Hall–Kier alpha value is -4.59. The van der Waals surface area contributed by atoms with Crippen LogP contribution in [0.3, 0.4) is 0 Å². The molecule has 0 aliphatic rings. The summed E-state index contributed by atoms with van der Waals surface area (Å²) < 4.78 is 44.9. The molecule has 5 aromatic rings. The number of carbonyl (C=O) groups is 1. The predicted molar refractivity (Wildman–Crippen MR) is 200 cm³/mol. The van der Waals surface area contributed by atoms with Gasteiger partial charge in [0.25, 0.3) is 5.56 Å². The van der Waals surface area contributed by atoms with Gasteiger partial charge in [-0.05, 0) is 65.2 Å². The zero-order valence-electron chi connectivity index (χ0n) is 29.2. The first-order valence-electron chi connectivity index (χ1n) is 16.7. The molecule has 0 saturated heterocycles. The highest BCUT2D eigenvalue weighted by Gasteiger charge is 2.21. The van der Waals surface area contributed by atoms with Crippen LogP contribution in [0.25, 0.3) is 11.1 Å². The van der Waals surface area contributed by atoms with Gasteiger partial charge in [-0.1, -0.05) is 81.1 Å². The number of nitrogens with one attached hydrogen (secondary N) is 1. The van der Waals surface area contributed by atoms with Crippen LogP contribution < -0.4 is 10.3 Å². The molecule has 9 nitrogen and oxygen atoms in total. The highest BCUT2D eigenvalue weighted by atomic mass is 35.5. The van der Waals surface area contributed by atoms with Crippen molar-refractivity contribution in [2.24, 2.45) is 0 Å². The summed E-state index contributed by atoms with van der Waals surface area (Å²) in [6.07, 6.45) is 5.11. The van der Waals surface area contributed by atoms with Crippen LogP contribution in [0.1, 0.15) is 48.9 Å². The fraction of sp³-hybridized carbons (Fsp3) is 0.316. The SMILES string of the molecule is CCN(CC)CCN(Cc1ccc(-c2ccc(OC(F)F)cc2)cc1)C(=O)Cn1cc(C(C)c2cn[nH]c2)c(=O)nc1SCc1ccc(F)cc1.Cl. The zero-order valence-corrected chi connectivity index (χ0v) is 30.8. The van der Waals surface area contributed by atoms with Gasteiger partial charge in [-0.2, -0.15) is 18.9 Å². The van der Waals surface area contributed by atoms with Gasteiger partial charge in [0.2, 0.25) is 5.91 Å². The normalized spacial score (nSPS) is 11.8. The number of hydrogen-bond donors (Lipinski definition) is 1. The summed E-state index contributed by atoms with van der Waals surface area (Å²) in [5.74, 6) is -0.274. The number of ether oxygens (including phenoxy) is 1. The van der Waals surface area contributed by atoms with Crippen LogP contribution in [0.5, 0.6) is 5.75 Å². The van der Waals surface area contributed by atoms with Crippen LogP contribution in [0.15, 0.2) is 101 Å². The number of rotatable bonds is 17. The van der Waals surface area contributed by atoms with Crippen LogP contribution in [0.4, 0.5) is 13.2 Å². The fourth-order valence-corrected chi connectivity index (χ4v) is 6.54. The first kappa shape index (κ1) is 40.2. The lowest BCUT2D eigenvalue weighted by molar-refractivity contribution is -0.132. The fourth-order valence-electron chi connectivity index (χ4n) is 5.62. The van der Waals surface area contributed by atoms with E-state index in [1.807, 2.05) is 36.1 Å². The van der Waals surface area contributed by atoms with Gasteiger partial charge in [0.05, 0.1) is 6.20 Å². The van der Waals surface area contributed by atoms with Gasteiger partial charge in [0, 0.05) is 49.3 Å². The number of hydrogen-bond acceptors (Lipinski definition) is 7. The Kier molecular flexibility index (Phi) is 14.9. The largest absolute Gasteiger partial charge is 0.435 e. The Morgan fingerprint density at radius 3 is 2.17 bits per heavy atom. The summed E-state index contributed by atoms with van der Waals surface area (Å²) in [6, 6.07) is 20.4. The summed E-state index contributed by atoms with van der Waals surface area (Å²) in [6.45, 7) is 6.33. The Bertz CT molecular complexity index is 1910. The average Bonchev–Trinajstić information content (AvgIpc) is 3.68. The highest BCUT2D eigenvalue weighted by molar-refractivity contribution is 7.98. The number of carbonyl (C=O) groups excluding carboxylic acids is 1. The summed E-state index contributed by atoms with van der Waals surface area (Å²) in [4.78, 5) is 36.0. The molecule has 1 atom stereocenters. The molecule has 0 saturated carbocycles. The van der Waals surface area contributed by atoms with Gasteiger partial charge in [0.1, 0.15) is 18.1 Å². The lowest BCUT2D eigenvalue weighted by Gasteiger charge is -2.27. The summed E-state index contributed by atoms with van der Waals surface area (Å²) >= 11 is 1.31. The van der Waals surface area contributed by atoms with E-state index in [9.17, 15) is 22.8 Å². The lowest BCUT2D eigenvalue weighted by Crippen LogP contribution is -2.40. The monoisotopic (exact) mass is 754 g/mol. The molecule has 14 heteroatoms. The Morgan fingerprint density at radius 2 is 1.58 bits per heavy atom. The second-order valence-electron chi connectivity index (χ2n) is 12.0. The number of likely N-dealkylation sites (N-methyl/N-ethyl adjacent to an activating group) is 1. The first-order chi connectivity index (χ1) is 24.6. The summed E-state index contributed by atoms with van der Waals surface area (Å²) in [5, 5.41) is 7.20. The third-order valence-corrected chi connectivity index (χ3v) is 9.79. The smallest absolute Gasteiger partial charge is 0.387 e. The van der Waals surface area contributed by atoms with E-state index in [1.165, 1.54) is 36.0 Å². The number of halogens is 4. The predicted octanol–water partition coefficient (Wildman–Crippen LogP) is 7.61. The second kappa shape index (κ2) is 19.3. The van der Waals surface area contributed by atoms with E-state index >= 15 is 0 Å². The number of thioether (sulfide) groups is 1. The first-order valence-corrected chi connectivity index (χ1v) is 17.7. The van der Waals surface area contributed by atoms with E-state index in [2.05, 4.69) is 38.7 Å². The molecule has 2 aromatic heterocycles. The standard InChI is InChI=1S/C38H41F3N6O3S.ClH/c1-4-45(5-2)18-19-46(22-27-6-10-29(11-7-27)30-12-16-33(17-13-30)50-37(40)41)35(48)24-47-23-34(26(3)31-20-42-43-21-31)36(49)44-38(47)51-25-28-8-14-32(39)15-9-28;/h6-17,20-21,23,26,37H,4-5,18-19,22,24-25H2,1-3H3,(H,42,43);1H. The van der Waals surface area contributed by atoms with Crippen LogP contribution >= 0.6 is 24.2 Å². The van der Waals surface area contributed by atoms with Gasteiger partial charge in [-0.25, -0.2) is 4.39 Å². The van der Waals surface area contributed by atoms with Crippen molar-refractivity contribution in [1.82, 2.24) is 29.5 Å². The Balaban J connectivity index is 0.00000605. The van der Waals surface area contributed by atoms with Crippen molar-refractivity contribution in [2.75, 3.05) is 26.2 Å². The minimum Gasteiger partial charge on any atom is -0.435 e. The minimum atomic E-state index is -2.89. The number of benzene rings is 3. The van der Waals surface area contributed by atoms with Gasteiger partial charge in [0.15, 0.2) is 5.16 Å².